The molecule has 7 nitrogen and oxygen atoms in total. The lowest BCUT2D eigenvalue weighted by Gasteiger charge is -2.31. The number of piperazine rings is 1. The number of ether oxygens (including phenoxy) is 1. The summed E-state index contributed by atoms with van der Waals surface area (Å²) >= 11 is 0. The molecule has 106 valence electrons. The minimum atomic E-state index is -0.715. The first-order chi connectivity index (χ1) is 9.42. The molecule has 0 saturated carbocycles. The van der Waals surface area contributed by atoms with E-state index in [1.807, 2.05) is 0 Å². The molecule has 1 aliphatic rings. The highest BCUT2D eigenvalue weighted by atomic mass is 16.5. The molecule has 1 saturated heterocycles. The Bertz CT molecular complexity index is 585. The molecular weight excluding hydrogens is 262 g/mol. The Labute approximate surface area is 115 Å². The van der Waals surface area contributed by atoms with Crippen LogP contribution in [0.25, 0.3) is 0 Å². The number of methoxy groups -OCH3 is 1. The van der Waals surface area contributed by atoms with Crippen molar-refractivity contribution in [2.75, 3.05) is 19.4 Å². The average molecular weight is 277 g/mol. The number of carbonyl (C=O) groups excluding carboxylic acids is 3. The van der Waals surface area contributed by atoms with E-state index in [0.29, 0.717) is 11.4 Å². The standard InChI is InChI=1S/C13H15N3O4/c1-7-12(18)15-11(17)6-16(7)13(19)8-3-9(14)5-10(4-8)20-2/h3-5,7H,6,14H2,1-2H3,(H,15,17,18). The molecule has 1 aromatic rings. The molecule has 7 heteroatoms. The van der Waals surface area contributed by atoms with Gasteiger partial charge in [-0.3, -0.25) is 19.7 Å². The van der Waals surface area contributed by atoms with Crippen LogP contribution in [0.3, 0.4) is 0 Å². The fourth-order valence-electron chi connectivity index (χ4n) is 1.99. The second-order valence-electron chi connectivity index (χ2n) is 4.52. The number of nitrogen functional groups attached to an aromatic ring is 1. The van der Waals surface area contributed by atoms with Crippen LogP contribution in [0.2, 0.25) is 0 Å². The Morgan fingerprint density at radius 1 is 1.40 bits per heavy atom. The van der Waals surface area contributed by atoms with Crippen molar-refractivity contribution in [3.8, 4) is 5.75 Å². The first kappa shape index (κ1) is 13.9. The van der Waals surface area contributed by atoms with Gasteiger partial charge in [-0.25, -0.2) is 0 Å². The van der Waals surface area contributed by atoms with Gasteiger partial charge in [-0.05, 0) is 19.1 Å². The van der Waals surface area contributed by atoms with Gasteiger partial charge in [0.05, 0.1) is 7.11 Å². The van der Waals surface area contributed by atoms with E-state index in [2.05, 4.69) is 5.32 Å². The minimum Gasteiger partial charge on any atom is -0.497 e. The Kier molecular flexibility index (Phi) is 3.60. The number of imide groups is 1. The molecule has 1 heterocycles. The molecule has 3 amide bonds. The van der Waals surface area contributed by atoms with Crippen LogP contribution in [0.5, 0.6) is 5.75 Å². The maximum atomic E-state index is 12.4. The van der Waals surface area contributed by atoms with Gasteiger partial charge in [0.15, 0.2) is 0 Å². The topological polar surface area (TPSA) is 102 Å². The number of nitrogens with two attached hydrogens (primary N) is 1. The average Bonchev–Trinajstić information content (AvgIpc) is 2.41. The van der Waals surface area contributed by atoms with Gasteiger partial charge < -0.3 is 15.4 Å². The highest BCUT2D eigenvalue weighted by Gasteiger charge is 2.34. The zero-order valence-electron chi connectivity index (χ0n) is 11.2. The molecule has 1 fully saturated rings. The van der Waals surface area contributed by atoms with E-state index in [1.165, 1.54) is 24.1 Å². The van der Waals surface area contributed by atoms with Gasteiger partial charge in [0.2, 0.25) is 11.8 Å². The second kappa shape index (κ2) is 5.20. The van der Waals surface area contributed by atoms with Crippen molar-refractivity contribution in [1.82, 2.24) is 10.2 Å². The fourth-order valence-corrected chi connectivity index (χ4v) is 1.99. The van der Waals surface area contributed by atoms with E-state index < -0.39 is 23.8 Å². The molecule has 0 aromatic heterocycles. The Balaban J connectivity index is 2.32. The number of nitrogens with zero attached hydrogens (tertiary/aromatic N) is 1. The number of hydrogen-bond acceptors (Lipinski definition) is 5. The van der Waals surface area contributed by atoms with Crippen molar-refractivity contribution in [2.24, 2.45) is 0 Å². The monoisotopic (exact) mass is 277 g/mol. The number of benzene rings is 1. The summed E-state index contributed by atoms with van der Waals surface area (Å²) in [7, 11) is 1.46. The number of rotatable bonds is 2. The van der Waals surface area contributed by atoms with E-state index in [9.17, 15) is 14.4 Å². The van der Waals surface area contributed by atoms with E-state index in [1.54, 1.807) is 13.0 Å². The van der Waals surface area contributed by atoms with Crippen LogP contribution in [-0.2, 0) is 9.59 Å². The molecule has 0 radical (unpaired) electrons. The summed E-state index contributed by atoms with van der Waals surface area (Å²) in [6, 6.07) is 3.86. The lowest BCUT2D eigenvalue weighted by Crippen LogP contribution is -2.58. The highest BCUT2D eigenvalue weighted by molar-refractivity contribution is 6.07. The largest absolute Gasteiger partial charge is 0.497 e. The normalized spacial score (nSPS) is 18.7. The van der Waals surface area contributed by atoms with Crippen LogP contribution in [0.1, 0.15) is 17.3 Å². The highest BCUT2D eigenvalue weighted by Crippen LogP contribution is 2.21. The molecule has 1 unspecified atom stereocenters. The number of carbonyl (C=O) groups is 3. The molecule has 1 aromatic carbocycles. The van der Waals surface area contributed by atoms with Gasteiger partial charge in [-0.1, -0.05) is 0 Å². The van der Waals surface area contributed by atoms with Gasteiger partial charge in [0.1, 0.15) is 18.3 Å². The lowest BCUT2D eigenvalue weighted by atomic mass is 10.1. The summed E-state index contributed by atoms with van der Waals surface area (Å²) in [5, 5.41) is 2.18. The Hall–Kier alpha value is -2.57. The maximum absolute atomic E-state index is 12.4. The zero-order valence-corrected chi connectivity index (χ0v) is 11.2. The predicted octanol–water partition coefficient (Wildman–Crippen LogP) is -0.235. The van der Waals surface area contributed by atoms with Crippen molar-refractivity contribution in [3.63, 3.8) is 0 Å². The van der Waals surface area contributed by atoms with Crippen LogP contribution in [0.15, 0.2) is 18.2 Å². The smallest absolute Gasteiger partial charge is 0.255 e. The van der Waals surface area contributed by atoms with Crippen molar-refractivity contribution < 1.29 is 19.1 Å². The summed E-state index contributed by atoms with van der Waals surface area (Å²) in [5.74, 6) is -0.997. The molecule has 1 aliphatic heterocycles. The van der Waals surface area contributed by atoms with Gasteiger partial charge in [0, 0.05) is 17.3 Å². The molecule has 0 aliphatic carbocycles. The second-order valence-corrected chi connectivity index (χ2v) is 4.52. The third-order valence-corrected chi connectivity index (χ3v) is 3.10. The minimum absolute atomic E-state index is 0.164. The maximum Gasteiger partial charge on any atom is 0.255 e. The number of anilines is 1. The lowest BCUT2D eigenvalue weighted by molar-refractivity contribution is -0.138. The summed E-state index contributed by atoms with van der Waals surface area (Å²) < 4.78 is 5.05. The van der Waals surface area contributed by atoms with Gasteiger partial charge >= 0.3 is 0 Å². The van der Waals surface area contributed by atoms with Crippen LogP contribution >= 0.6 is 0 Å². The summed E-state index contributed by atoms with van der Waals surface area (Å²) in [4.78, 5) is 36.6. The van der Waals surface area contributed by atoms with Crippen molar-refractivity contribution >= 4 is 23.4 Å². The predicted molar refractivity (Wildman–Crippen MR) is 71.1 cm³/mol. The van der Waals surface area contributed by atoms with Crippen LogP contribution in [-0.4, -0.2) is 42.3 Å². The number of hydrogen-bond donors (Lipinski definition) is 2. The third-order valence-electron chi connectivity index (χ3n) is 3.10. The van der Waals surface area contributed by atoms with Gasteiger partial charge in [-0.15, -0.1) is 0 Å². The van der Waals surface area contributed by atoms with Crippen molar-refractivity contribution in [1.29, 1.82) is 0 Å². The molecule has 20 heavy (non-hydrogen) atoms. The summed E-state index contributed by atoms with van der Waals surface area (Å²) in [6.45, 7) is 1.39. The van der Waals surface area contributed by atoms with Gasteiger partial charge in [-0.2, -0.15) is 0 Å². The first-order valence-corrected chi connectivity index (χ1v) is 6.01. The Morgan fingerprint density at radius 3 is 2.75 bits per heavy atom. The molecule has 0 spiro atoms. The van der Waals surface area contributed by atoms with Crippen molar-refractivity contribution in [3.05, 3.63) is 23.8 Å². The van der Waals surface area contributed by atoms with Crippen molar-refractivity contribution in [2.45, 2.75) is 13.0 Å². The van der Waals surface area contributed by atoms with Gasteiger partial charge in [0.25, 0.3) is 5.91 Å². The number of nitrogens with one attached hydrogen (secondary N) is 1. The van der Waals surface area contributed by atoms with Crippen LogP contribution < -0.4 is 15.8 Å². The SMILES string of the molecule is COc1cc(N)cc(C(=O)N2CC(=O)NC(=O)C2C)c1. The molecule has 1 atom stereocenters. The Morgan fingerprint density at radius 2 is 2.10 bits per heavy atom. The van der Waals surface area contributed by atoms with Crippen LogP contribution in [0.4, 0.5) is 5.69 Å². The van der Waals surface area contributed by atoms with E-state index in [0.717, 1.165) is 0 Å². The molecule has 2 rings (SSSR count). The molecule has 0 bridgehead atoms. The zero-order chi connectivity index (χ0) is 14.9. The first-order valence-electron chi connectivity index (χ1n) is 6.01. The third kappa shape index (κ3) is 2.56. The molecule has 3 N–H and O–H groups in total. The summed E-state index contributed by atoms with van der Waals surface area (Å²) in [5.41, 5.74) is 6.34. The van der Waals surface area contributed by atoms with E-state index >= 15 is 0 Å². The fraction of sp³-hybridized carbons (Fsp3) is 0.308. The molecular formula is C13H15N3O4. The van der Waals surface area contributed by atoms with Crippen LogP contribution in [0, 0.1) is 0 Å². The number of amides is 3. The quantitative estimate of drug-likeness (QED) is 0.574. The summed E-state index contributed by atoms with van der Waals surface area (Å²) in [6.07, 6.45) is 0. The van der Waals surface area contributed by atoms with E-state index in [-0.39, 0.29) is 12.1 Å². The van der Waals surface area contributed by atoms with E-state index in [4.69, 9.17) is 10.5 Å².